The molecule has 0 N–H and O–H groups in total. The van der Waals surface area contributed by atoms with Crippen LogP contribution in [0.25, 0.3) is 22.2 Å². The van der Waals surface area contributed by atoms with Gasteiger partial charge in [-0.1, -0.05) is 35.9 Å². The number of fused-ring (bicyclic) bond motifs is 1. The summed E-state index contributed by atoms with van der Waals surface area (Å²) in [6, 6.07) is 14.8. The van der Waals surface area contributed by atoms with Crippen LogP contribution in [0.2, 0.25) is 0 Å². The molecule has 0 saturated carbocycles. The van der Waals surface area contributed by atoms with Gasteiger partial charge in [-0.05, 0) is 36.4 Å². The second-order valence-corrected chi connectivity index (χ2v) is 5.31. The average molecular weight is 266 g/mol. The first-order chi connectivity index (χ1) is 9.26. The van der Waals surface area contributed by atoms with Gasteiger partial charge in [0, 0.05) is 0 Å². The molecule has 0 unspecified atom stereocenters. The summed E-state index contributed by atoms with van der Waals surface area (Å²) in [4.78, 5) is 9.02. The lowest BCUT2D eigenvalue weighted by molar-refractivity contribution is 1.12. The van der Waals surface area contributed by atoms with E-state index in [0.29, 0.717) is 0 Å². The Morgan fingerprint density at radius 2 is 1.63 bits per heavy atom. The zero-order valence-electron chi connectivity index (χ0n) is 10.9. The minimum absolute atomic E-state index is 0.941. The van der Waals surface area contributed by atoms with Gasteiger partial charge in [0.2, 0.25) is 0 Å². The molecule has 0 aliphatic heterocycles. The quantitative estimate of drug-likeness (QED) is 0.646. The Morgan fingerprint density at radius 1 is 0.895 bits per heavy atom. The van der Waals surface area contributed by atoms with Crippen molar-refractivity contribution >= 4 is 22.8 Å². The molecule has 2 aromatic carbocycles. The molecule has 0 spiro atoms. The fourth-order valence-corrected chi connectivity index (χ4v) is 2.37. The van der Waals surface area contributed by atoms with Gasteiger partial charge in [0.25, 0.3) is 0 Å². The summed E-state index contributed by atoms with van der Waals surface area (Å²) >= 11 is 1.61. The molecule has 0 bridgehead atoms. The van der Waals surface area contributed by atoms with Crippen molar-refractivity contribution in [2.24, 2.45) is 0 Å². The topological polar surface area (TPSA) is 25.8 Å². The fraction of sp³-hybridized carbons (Fsp3) is 0.125. The minimum Gasteiger partial charge on any atom is -0.252 e. The van der Waals surface area contributed by atoms with Crippen LogP contribution < -0.4 is 0 Å². The molecule has 0 aliphatic carbocycles. The van der Waals surface area contributed by atoms with Crippen LogP contribution in [0.5, 0.6) is 0 Å². The smallest absolute Gasteiger partial charge is 0.115 e. The van der Waals surface area contributed by atoms with E-state index in [1.807, 2.05) is 18.5 Å². The van der Waals surface area contributed by atoms with Crippen molar-refractivity contribution in [3.8, 4) is 11.1 Å². The molecule has 3 rings (SSSR count). The standard InChI is InChI=1S/C16H14N2S/c1-11-3-5-12(6-4-11)13-7-8-14-15(9-13)17-10-16(18-14)19-2/h3-10H,1-2H3. The molecule has 1 heterocycles. The average Bonchev–Trinajstić information content (AvgIpc) is 2.47. The van der Waals surface area contributed by atoms with Gasteiger partial charge in [0.15, 0.2) is 0 Å². The summed E-state index contributed by atoms with van der Waals surface area (Å²) in [6.45, 7) is 2.10. The van der Waals surface area contributed by atoms with E-state index < -0.39 is 0 Å². The first-order valence-electron chi connectivity index (χ1n) is 6.14. The number of aromatic nitrogens is 2. The van der Waals surface area contributed by atoms with E-state index in [2.05, 4.69) is 53.3 Å². The number of nitrogens with zero attached hydrogens (tertiary/aromatic N) is 2. The molecular weight excluding hydrogens is 252 g/mol. The maximum absolute atomic E-state index is 4.54. The van der Waals surface area contributed by atoms with Crippen molar-refractivity contribution in [1.82, 2.24) is 9.97 Å². The Labute approximate surface area is 116 Å². The van der Waals surface area contributed by atoms with Crippen molar-refractivity contribution in [3.05, 3.63) is 54.2 Å². The molecule has 19 heavy (non-hydrogen) atoms. The van der Waals surface area contributed by atoms with Crippen LogP contribution >= 0.6 is 11.8 Å². The third kappa shape index (κ3) is 2.47. The van der Waals surface area contributed by atoms with Crippen molar-refractivity contribution in [3.63, 3.8) is 0 Å². The Kier molecular flexibility index (Phi) is 3.22. The number of thioether (sulfide) groups is 1. The molecule has 0 atom stereocenters. The van der Waals surface area contributed by atoms with E-state index in [-0.39, 0.29) is 0 Å². The third-order valence-corrected chi connectivity index (χ3v) is 3.73. The van der Waals surface area contributed by atoms with Crippen molar-refractivity contribution in [2.45, 2.75) is 11.9 Å². The van der Waals surface area contributed by atoms with E-state index in [0.717, 1.165) is 16.1 Å². The first-order valence-corrected chi connectivity index (χ1v) is 7.36. The highest BCUT2D eigenvalue weighted by Crippen LogP contribution is 2.24. The van der Waals surface area contributed by atoms with Gasteiger partial charge >= 0.3 is 0 Å². The SMILES string of the molecule is CSc1cnc2cc(-c3ccc(C)cc3)ccc2n1. The van der Waals surface area contributed by atoms with Crippen LogP contribution in [0.3, 0.4) is 0 Å². The number of rotatable bonds is 2. The normalized spacial score (nSPS) is 10.8. The van der Waals surface area contributed by atoms with E-state index in [1.165, 1.54) is 16.7 Å². The Balaban J connectivity index is 2.08. The number of hydrogen-bond donors (Lipinski definition) is 0. The van der Waals surface area contributed by atoms with Crippen molar-refractivity contribution in [2.75, 3.05) is 6.26 Å². The Morgan fingerprint density at radius 3 is 2.37 bits per heavy atom. The first kappa shape index (κ1) is 12.2. The zero-order chi connectivity index (χ0) is 13.2. The molecule has 0 radical (unpaired) electrons. The Bertz CT molecular complexity index is 720. The second-order valence-electron chi connectivity index (χ2n) is 4.48. The summed E-state index contributed by atoms with van der Waals surface area (Å²) < 4.78 is 0. The highest BCUT2D eigenvalue weighted by molar-refractivity contribution is 7.98. The molecule has 0 fully saturated rings. The molecule has 1 aromatic heterocycles. The van der Waals surface area contributed by atoms with Gasteiger partial charge in [0.1, 0.15) is 5.03 Å². The lowest BCUT2D eigenvalue weighted by atomic mass is 10.0. The maximum Gasteiger partial charge on any atom is 0.115 e. The molecule has 0 saturated heterocycles. The highest BCUT2D eigenvalue weighted by Gasteiger charge is 2.02. The predicted molar refractivity (Wildman–Crippen MR) is 81.5 cm³/mol. The lowest BCUT2D eigenvalue weighted by Crippen LogP contribution is -1.87. The molecular formula is C16H14N2S. The van der Waals surface area contributed by atoms with Gasteiger partial charge in [0.05, 0.1) is 17.2 Å². The van der Waals surface area contributed by atoms with Gasteiger partial charge < -0.3 is 0 Å². The van der Waals surface area contributed by atoms with E-state index in [9.17, 15) is 0 Å². The zero-order valence-corrected chi connectivity index (χ0v) is 11.7. The molecule has 94 valence electrons. The van der Waals surface area contributed by atoms with Gasteiger partial charge in [-0.3, -0.25) is 4.98 Å². The number of hydrogen-bond acceptors (Lipinski definition) is 3. The van der Waals surface area contributed by atoms with Crippen LogP contribution in [0.4, 0.5) is 0 Å². The summed E-state index contributed by atoms with van der Waals surface area (Å²) in [5.74, 6) is 0. The Hall–Kier alpha value is -1.87. The van der Waals surface area contributed by atoms with Crippen LogP contribution in [0.15, 0.2) is 53.7 Å². The predicted octanol–water partition coefficient (Wildman–Crippen LogP) is 4.33. The summed E-state index contributed by atoms with van der Waals surface area (Å²) in [5.41, 5.74) is 5.55. The van der Waals surface area contributed by atoms with Gasteiger partial charge in [-0.2, -0.15) is 0 Å². The van der Waals surface area contributed by atoms with Crippen molar-refractivity contribution in [1.29, 1.82) is 0 Å². The molecule has 0 aliphatic rings. The minimum atomic E-state index is 0.941. The van der Waals surface area contributed by atoms with E-state index in [1.54, 1.807) is 11.8 Å². The molecule has 3 heteroatoms. The molecule has 3 aromatic rings. The van der Waals surface area contributed by atoms with Crippen LogP contribution in [-0.4, -0.2) is 16.2 Å². The largest absolute Gasteiger partial charge is 0.252 e. The van der Waals surface area contributed by atoms with Crippen molar-refractivity contribution < 1.29 is 0 Å². The van der Waals surface area contributed by atoms with E-state index in [4.69, 9.17) is 0 Å². The summed E-state index contributed by atoms with van der Waals surface area (Å²) in [7, 11) is 0. The highest BCUT2D eigenvalue weighted by atomic mass is 32.2. The number of benzene rings is 2. The third-order valence-electron chi connectivity index (χ3n) is 3.11. The van der Waals surface area contributed by atoms with Crippen LogP contribution in [-0.2, 0) is 0 Å². The van der Waals surface area contributed by atoms with Gasteiger partial charge in [-0.25, -0.2) is 4.98 Å². The lowest BCUT2D eigenvalue weighted by Gasteiger charge is -2.04. The number of aryl methyl sites for hydroxylation is 1. The molecule has 2 nitrogen and oxygen atoms in total. The fourth-order valence-electron chi connectivity index (χ4n) is 2.02. The van der Waals surface area contributed by atoms with Crippen LogP contribution in [0, 0.1) is 6.92 Å². The van der Waals surface area contributed by atoms with E-state index >= 15 is 0 Å². The monoisotopic (exact) mass is 266 g/mol. The van der Waals surface area contributed by atoms with Crippen LogP contribution in [0.1, 0.15) is 5.56 Å². The maximum atomic E-state index is 4.54. The summed E-state index contributed by atoms with van der Waals surface area (Å²) in [5, 5.41) is 0.954. The second kappa shape index (κ2) is 5.02. The van der Waals surface area contributed by atoms with Gasteiger partial charge in [-0.15, -0.1) is 11.8 Å². The summed E-state index contributed by atoms with van der Waals surface area (Å²) in [6.07, 6.45) is 3.84. The molecule has 0 amide bonds.